The molecule has 1 saturated carbocycles. The number of carbonyl (C=O) groups excluding carboxylic acids is 2. The van der Waals surface area contributed by atoms with Crippen LogP contribution in [0.15, 0.2) is 60.0 Å². The third-order valence-electron chi connectivity index (χ3n) is 6.57. The van der Waals surface area contributed by atoms with Crippen molar-refractivity contribution in [2.45, 2.75) is 77.5 Å². The fourth-order valence-electron chi connectivity index (χ4n) is 5.03. The molecule has 0 aromatic carbocycles. The summed E-state index contributed by atoms with van der Waals surface area (Å²) in [6.45, 7) is 14.7. The minimum atomic E-state index is -0.762. The lowest BCUT2D eigenvalue weighted by Crippen LogP contribution is -2.49. The number of hydrogen-bond donors (Lipinski definition) is 0. The van der Waals surface area contributed by atoms with E-state index in [-0.39, 0.29) is 30.6 Å². The van der Waals surface area contributed by atoms with E-state index in [0.717, 1.165) is 48.9 Å². The fourth-order valence-corrected chi connectivity index (χ4v) is 5.03. The lowest BCUT2D eigenvalue weighted by Gasteiger charge is -2.34. The highest BCUT2D eigenvalue weighted by atomic mass is 16.5. The Balaban J connectivity index is 1.98. The molecule has 0 N–H and O–H groups in total. The van der Waals surface area contributed by atoms with Crippen LogP contribution in [0.5, 0.6) is 0 Å². The van der Waals surface area contributed by atoms with E-state index in [1.807, 2.05) is 43.9 Å². The van der Waals surface area contributed by atoms with Gasteiger partial charge in [0.05, 0.1) is 12.7 Å². The third kappa shape index (κ3) is 5.74. The lowest BCUT2D eigenvalue weighted by molar-refractivity contribution is -0.144. The van der Waals surface area contributed by atoms with Crippen molar-refractivity contribution in [3.63, 3.8) is 0 Å². The van der Waals surface area contributed by atoms with Crippen LogP contribution in [0.1, 0.15) is 59.3 Å². The van der Waals surface area contributed by atoms with Gasteiger partial charge in [-0.3, -0.25) is 14.5 Å². The number of allylic oxidation sites excluding steroid dienone is 5. The lowest BCUT2D eigenvalue weighted by atomic mass is 9.94. The van der Waals surface area contributed by atoms with Crippen molar-refractivity contribution in [2.75, 3.05) is 19.8 Å². The number of carbonyl (C=O) groups is 2. The first-order valence-corrected chi connectivity index (χ1v) is 12.1. The maximum atomic E-state index is 13.9. The number of amides is 2. The standard InChI is InChI=1S/C27H38N2O4/c1-6-11-22(16-19(3)4)29(25(30)18-33-23-14-15-32-17-23)26-24(7-2)20(5)28(27(26)31)21-12-9-8-10-13-21/h6-7,11,16,21,23,26H,2-3,8-10,12-15,17-18H2,1,4-5H3/b11-6-,22-16+/t23-,26?/m0/s1. The van der Waals surface area contributed by atoms with Gasteiger partial charge in [0.2, 0.25) is 0 Å². The largest absolute Gasteiger partial charge is 0.379 e. The number of hydrogen-bond acceptors (Lipinski definition) is 4. The molecule has 3 rings (SSSR count). The summed E-state index contributed by atoms with van der Waals surface area (Å²) in [5.41, 5.74) is 3.09. The second kappa shape index (κ2) is 11.6. The van der Waals surface area contributed by atoms with Crippen LogP contribution in [0.4, 0.5) is 0 Å². The van der Waals surface area contributed by atoms with Gasteiger partial charge in [-0.1, -0.05) is 50.1 Å². The molecule has 3 aliphatic rings. The van der Waals surface area contributed by atoms with Gasteiger partial charge in [-0.2, -0.15) is 0 Å². The Kier molecular flexibility index (Phi) is 8.87. The van der Waals surface area contributed by atoms with Gasteiger partial charge in [0.15, 0.2) is 0 Å². The number of ether oxygens (including phenoxy) is 2. The Morgan fingerprint density at radius 3 is 2.58 bits per heavy atom. The maximum absolute atomic E-state index is 13.9. The minimum Gasteiger partial charge on any atom is -0.379 e. The first-order valence-electron chi connectivity index (χ1n) is 12.1. The van der Waals surface area contributed by atoms with Gasteiger partial charge in [-0.05, 0) is 52.2 Å². The van der Waals surface area contributed by atoms with Crippen molar-refractivity contribution < 1.29 is 19.1 Å². The summed E-state index contributed by atoms with van der Waals surface area (Å²) in [5, 5.41) is 0. The predicted octanol–water partition coefficient (Wildman–Crippen LogP) is 4.66. The zero-order valence-electron chi connectivity index (χ0n) is 20.3. The second-order valence-electron chi connectivity index (χ2n) is 9.12. The average Bonchev–Trinajstić information content (AvgIpc) is 3.39. The van der Waals surface area contributed by atoms with E-state index in [4.69, 9.17) is 9.47 Å². The molecule has 2 atom stereocenters. The molecule has 0 aromatic rings. The Hall–Kier alpha value is -2.44. The van der Waals surface area contributed by atoms with Crippen LogP contribution >= 0.6 is 0 Å². The van der Waals surface area contributed by atoms with Crippen LogP contribution in [0.25, 0.3) is 0 Å². The van der Waals surface area contributed by atoms with Crippen LogP contribution in [0.3, 0.4) is 0 Å². The zero-order chi connectivity index (χ0) is 24.0. The van der Waals surface area contributed by atoms with Gasteiger partial charge in [0.25, 0.3) is 11.8 Å². The normalized spacial score (nSPS) is 24.8. The summed E-state index contributed by atoms with van der Waals surface area (Å²) in [6.07, 6.45) is 13.4. The summed E-state index contributed by atoms with van der Waals surface area (Å²) in [7, 11) is 0. The van der Waals surface area contributed by atoms with Crippen molar-refractivity contribution >= 4 is 11.8 Å². The van der Waals surface area contributed by atoms with E-state index in [2.05, 4.69) is 13.2 Å². The van der Waals surface area contributed by atoms with Crippen molar-refractivity contribution in [3.05, 3.63) is 60.0 Å². The molecule has 1 aliphatic carbocycles. The Morgan fingerprint density at radius 2 is 2.00 bits per heavy atom. The first kappa shape index (κ1) is 25.2. The average molecular weight is 455 g/mol. The van der Waals surface area contributed by atoms with Gasteiger partial charge in [-0.15, -0.1) is 0 Å². The molecular formula is C27H38N2O4. The summed E-state index contributed by atoms with van der Waals surface area (Å²) in [5.74, 6) is -0.326. The van der Waals surface area contributed by atoms with Crippen molar-refractivity contribution in [1.82, 2.24) is 9.80 Å². The molecule has 0 radical (unpaired) electrons. The van der Waals surface area contributed by atoms with Crippen molar-refractivity contribution in [2.24, 2.45) is 0 Å². The van der Waals surface area contributed by atoms with Crippen LogP contribution in [-0.4, -0.2) is 59.6 Å². The van der Waals surface area contributed by atoms with E-state index >= 15 is 0 Å². The van der Waals surface area contributed by atoms with Gasteiger partial charge >= 0.3 is 0 Å². The summed E-state index contributed by atoms with van der Waals surface area (Å²) >= 11 is 0. The summed E-state index contributed by atoms with van der Waals surface area (Å²) < 4.78 is 11.2. The molecule has 2 amide bonds. The molecule has 6 nitrogen and oxygen atoms in total. The summed E-state index contributed by atoms with van der Waals surface area (Å²) in [4.78, 5) is 31.0. The Morgan fingerprint density at radius 1 is 1.27 bits per heavy atom. The quantitative estimate of drug-likeness (QED) is 0.476. The molecule has 2 heterocycles. The van der Waals surface area contributed by atoms with E-state index in [0.29, 0.717) is 18.9 Å². The molecule has 0 aromatic heterocycles. The van der Waals surface area contributed by atoms with Crippen molar-refractivity contribution in [3.8, 4) is 0 Å². The molecule has 180 valence electrons. The first-order chi connectivity index (χ1) is 15.9. The van der Waals surface area contributed by atoms with E-state index in [1.165, 1.54) is 6.42 Å². The molecule has 33 heavy (non-hydrogen) atoms. The smallest absolute Gasteiger partial charge is 0.254 e. The van der Waals surface area contributed by atoms with Crippen LogP contribution in [0.2, 0.25) is 0 Å². The molecule has 0 spiro atoms. The van der Waals surface area contributed by atoms with E-state index in [1.54, 1.807) is 11.0 Å². The molecule has 1 saturated heterocycles. The zero-order valence-corrected chi connectivity index (χ0v) is 20.3. The Bertz CT molecular complexity index is 857. The molecule has 6 heteroatoms. The van der Waals surface area contributed by atoms with Crippen LogP contribution in [0, 0.1) is 0 Å². The Labute approximate surface area is 198 Å². The highest BCUT2D eigenvalue weighted by molar-refractivity contribution is 5.96. The van der Waals surface area contributed by atoms with E-state index in [9.17, 15) is 9.59 Å². The fraction of sp³-hybridized carbons (Fsp3) is 0.556. The van der Waals surface area contributed by atoms with Gasteiger partial charge in [-0.25, -0.2) is 0 Å². The molecule has 2 fully saturated rings. The van der Waals surface area contributed by atoms with Crippen LogP contribution < -0.4 is 0 Å². The highest BCUT2D eigenvalue weighted by Crippen LogP contribution is 2.36. The highest BCUT2D eigenvalue weighted by Gasteiger charge is 2.45. The van der Waals surface area contributed by atoms with Crippen LogP contribution in [-0.2, 0) is 19.1 Å². The van der Waals surface area contributed by atoms with E-state index < -0.39 is 6.04 Å². The van der Waals surface area contributed by atoms with Gasteiger partial charge in [0, 0.05) is 29.6 Å². The molecule has 1 unspecified atom stereocenters. The minimum absolute atomic E-state index is 0.0658. The third-order valence-corrected chi connectivity index (χ3v) is 6.57. The number of rotatable bonds is 9. The van der Waals surface area contributed by atoms with Gasteiger partial charge in [0.1, 0.15) is 12.6 Å². The predicted molar refractivity (Wildman–Crippen MR) is 130 cm³/mol. The molecule has 2 aliphatic heterocycles. The second-order valence-corrected chi connectivity index (χ2v) is 9.12. The number of nitrogens with zero attached hydrogens (tertiary/aromatic N) is 2. The molecular weight excluding hydrogens is 416 g/mol. The van der Waals surface area contributed by atoms with Gasteiger partial charge < -0.3 is 14.4 Å². The van der Waals surface area contributed by atoms with Crippen molar-refractivity contribution in [1.29, 1.82) is 0 Å². The topological polar surface area (TPSA) is 59.1 Å². The maximum Gasteiger partial charge on any atom is 0.254 e. The monoisotopic (exact) mass is 454 g/mol. The SMILES string of the molecule is C=CC1=C(C)N(C2CCCCC2)C(=O)C1N(C(=O)CO[C@H]1CCOC1)C(/C=C\C)=C/C(=C)C. The summed E-state index contributed by atoms with van der Waals surface area (Å²) in [6, 6.07) is -0.590. The molecule has 0 bridgehead atoms.